The Bertz CT molecular complexity index is 390. The highest BCUT2D eigenvalue weighted by molar-refractivity contribution is 5.57. The number of para-hydroxylation sites is 1. The molecule has 0 fully saturated rings. The van der Waals surface area contributed by atoms with Crippen LogP contribution in [-0.4, -0.2) is 15.0 Å². The normalized spacial score (nSPS) is 9.79. The molecule has 0 aliphatic rings. The highest BCUT2D eigenvalue weighted by Crippen LogP contribution is 2.29. The van der Waals surface area contributed by atoms with E-state index >= 15 is 0 Å². The van der Waals surface area contributed by atoms with Crippen LogP contribution in [0.2, 0.25) is 0 Å². The first kappa shape index (κ1) is 10.1. The van der Waals surface area contributed by atoms with Gasteiger partial charge in [0.05, 0.1) is 22.0 Å². The first-order chi connectivity index (χ1) is 6.57. The molecule has 1 aromatic carbocycles. The van der Waals surface area contributed by atoms with E-state index in [1.165, 1.54) is 12.1 Å². The quantitative estimate of drug-likeness (QED) is 0.575. The first-order valence-corrected chi connectivity index (χ1v) is 3.59. The molecule has 1 rings (SSSR count). The topological polar surface area (TPSA) is 107 Å². The molecule has 7 heteroatoms. The van der Waals surface area contributed by atoms with Crippen molar-refractivity contribution in [2.45, 2.75) is 6.61 Å². The van der Waals surface area contributed by atoms with Crippen molar-refractivity contribution < 1.29 is 15.0 Å². The average molecular weight is 198 g/mol. The zero-order chi connectivity index (χ0) is 10.7. The molecule has 0 bridgehead atoms. The Hall–Kier alpha value is -2.02. The molecule has 0 saturated heterocycles. The number of aliphatic hydroxyl groups excluding tert-OH is 1. The molecule has 0 radical (unpaired) electrons. The van der Waals surface area contributed by atoms with Crippen molar-refractivity contribution in [2.24, 2.45) is 0 Å². The Morgan fingerprint density at radius 2 is 1.86 bits per heavy atom. The molecular formula is C7H6N2O5. The number of hydrogen-bond acceptors (Lipinski definition) is 5. The molecule has 0 spiro atoms. The fourth-order valence-corrected chi connectivity index (χ4v) is 1.06. The van der Waals surface area contributed by atoms with E-state index in [-0.39, 0.29) is 5.56 Å². The predicted molar refractivity (Wildman–Crippen MR) is 45.7 cm³/mol. The minimum absolute atomic E-state index is 0.0656. The lowest BCUT2D eigenvalue weighted by molar-refractivity contribution is -0.423. The van der Waals surface area contributed by atoms with Crippen molar-refractivity contribution in [1.29, 1.82) is 0 Å². The molecule has 74 valence electrons. The number of nitrogens with zero attached hydrogens (tertiary/aromatic N) is 2. The number of aliphatic hydroxyl groups is 1. The molecule has 0 unspecified atom stereocenters. The predicted octanol–water partition coefficient (Wildman–Crippen LogP) is 0.995. The van der Waals surface area contributed by atoms with E-state index in [1.54, 1.807) is 0 Å². The SMILES string of the molecule is O=[N+]([O-])c1cccc(CO)c1[N+](=O)[O-]. The third-order valence-electron chi connectivity index (χ3n) is 1.65. The molecule has 0 heterocycles. The van der Waals surface area contributed by atoms with Crippen LogP contribution in [0.3, 0.4) is 0 Å². The second-order valence-corrected chi connectivity index (χ2v) is 2.46. The van der Waals surface area contributed by atoms with Crippen LogP contribution in [0.5, 0.6) is 0 Å². The first-order valence-electron chi connectivity index (χ1n) is 3.59. The van der Waals surface area contributed by atoms with Crippen molar-refractivity contribution in [3.8, 4) is 0 Å². The van der Waals surface area contributed by atoms with E-state index in [1.807, 2.05) is 0 Å². The van der Waals surface area contributed by atoms with Crippen LogP contribution in [0.15, 0.2) is 18.2 Å². The van der Waals surface area contributed by atoms with Crippen LogP contribution < -0.4 is 0 Å². The summed E-state index contributed by atoms with van der Waals surface area (Å²) in [4.78, 5) is 19.2. The Labute approximate surface area is 77.9 Å². The van der Waals surface area contributed by atoms with Crippen LogP contribution >= 0.6 is 0 Å². The summed E-state index contributed by atoms with van der Waals surface area (Å²) >= 11 is 0. The van der Waals surface area contributed by atoms with Crippen LogP contribution in [0.4, 0.5) is 11.4 Å². The Kier molecular flexibility index (Phi) is 2.73. The molecule has 0 aliphatic carbocycles. The molecular weight excluding hydrogens is 192 g/mol. The van der Waals surface area contributed by atoms with Crippen molar-refractivity contribution >= 4 is 11.4 Å². The zero-order valence-electron chi connectivity index (χ0n) is 6.91. The third kappa shape index (κ3) is 1.67. The third-order valence-corrected chi connectivity index (χ3v) is 1.65. The lowest BCUT2D eigenvalue weighted by Gasteiger charge is -1.98. The number of nitro groups is 2. The van der Waals surface area contributed by atoms with Gasteiger partial charge in [-0.3, -0.25) is 20.2 Å². The number of nitro benzene ring substituents is 2. The van der Waals surface area contributed by atoms with Crippen molar-refractivity contribution in [3.05, 3.63) is 44.0 Å². The van der Waals surface area contributed by atoms with E-state index in [4.69, 9.17) is 5.11 Å². The lowest BCUT2D eigenvalue weighted by atomic mass is 10.1. The number of rotatable bonds is 3. The fraction of sp³-hybridized carbons (Fsp3) is 0.143. The van der Waals surface area contributed by atoms with Gasteiger partial charge in [-0.2, -0.15) is 0 Å². The minimum Gasteiger partial charge on any atom is -0.391 e. The van der Waals surface area contributed by atoms with E-state index in [0.29, 0.717) is 0 Å². The lowest BCUT2D eigenvalue weighted by Crippen LogP contribution is -2.00. The highest BCUT2D eigenvalue weighted by atomic mass is 16.6. The molecule has 1 N–H and O–H groups in total. The minimum atomic E-state index is -0.871. The van der Waals surface area contributed by atoms with Gasteiger partial charge in [0.2, 0.25) is 0 Å². The maximum absolute atomic E-state index is 10.5. The van der Waals surface area contributed by atoms with Crippen LogP contribution in [0.25, 0.3) is 0 Å². The molecule has 0 atom stereocenters. The second-order valence-electron chi connectivity index (χ2n) is 2.46. The van der Waals surface area contributed by atoms with Gasteiger partial charge in [0.25, 0.3) is 0 Å². The zero-order valence-corrected chi connectivity index (χ0v) is 6.91. The van der Waals surface area contributed by atoms with Crippen molar-refractivity contribution in [3.63, 3.8) is 0 Å². The smallest absolute Gasteiger partial charge is 0.351 e. The summed E-state index contributed by atoms with van der Waals surface area (Å²) in [5.41, 5.74) is -1.33. The Morgan fingerprint density at radius 1 is 1.21 bits per heavy atom. The maximum atomic E-state index is 10.5. The van der Waals surface area contributed by atoms with E-state index in [2.05, 4.69) is 0 Å². The molecule has 0 aromatic heterocycles. The van der Waals surface area contributed by atoms with Crippen LogP contribution in [-0.2, 0) is 6.61 Å². The molecule has 14 heavy (non-hydrogen) atoms. The van der Waals surface area contributed by atoms with Gasteiger partial charge in [0, 0.05) is 6.07 Å². The number of hydrogen-bond donors (Lipinski definition) is 1. The summed E-state index contributed by atoms with van der Waals surface area (Å²) in [5.74, 6) is 0. The van der Waals surface area contributed by atoms with Crippen LogP contribution in [0, 0.1) is 20.2 Å². The largest absolute Gasteiger partial charge is 0.391 e. The van der Waals surface area contributed by atoms with E-state index in [9.17, 15) is 20.2 Å². The van der Waals surface area contributed by atoms with Gasteiger partial charge in [0.1, 0.15) is 0 Å². The molecule has 7 nitrogen and oxygen atoms in total. The molecule has 0 saturated carbocycles. The van der Waals surface area contributed by atoms with Crippen molar-refractivity contribution in [1.82, 2.24) is 0 Å². The summed E-state index contributed by atoms with van der Waals surface area (Å²) in [6, 6.07) is 3.58. The Morgan fingerprint density at radius 3 is 2.29 bits per heavy atom. The van der Waals surface area contributed by atoms with Gasteiger partial charge in [0.15, 0.2) is 0 Å². The van der Waals surface area contributed by atoms with E-state index < -0.39 is 27.8 Å². The summed E-state index contributed by atoms with van der Waals surface area (Å²) in [7, 11) is 0. The van der Waals surface area contributed by atoms with Gasteiger partial charge >= 0.3 is 11.4 Å². The fourth-order valence-electron chi connectivity index (χ4n) is 1.06. The number of benzene rings is 1. The van der Waals surface area contributed by atoms with Gasteiger partial charge in [-0.05, 0) is 6.07 Å². The van der Waals surface area contributed by atoms with E-state index in [0.717, 1.165) is 6.07 Å². The molecule has 0 amide bonds. The second kappa shape index (κ2) is 3.79. The summed E-state index contributed by atoms with van der Waals surface area (Å²) < 4.78 is 0. The van der Waals surface area contributed by atoms with Gasteiger partial charge in [-0.25, -0.2) is 0 Å². The average Bonchev–Trinajstić information content (AvgIpc) is 2.16. The summed E-state index contributed by atoms with van der Waals surface area (Å²) in [6.07, 6.45) is 0. The highest BCUT2D eigenvalue weighted by Gasteiger charge is 2.27. The standard InChI is InChI=1S/C7H6N2O5/c10-4-5-2-1-3-6(8(11)12)7(5)9(13)14/h1-3,10H,4H2. The van der Waals surface area contributed by atoms with Gasteiger partial charge in [-0.15, -0.1) is 0 Å². The van der Waals surface area contributed by atoms with Gasteiger partial charge < -0.3 is 5.11 Å². The van der Waals surface area contributed by atoms with Gasteiger partial charge in [-0.1, -0.05) is 6.07 Å². The Balaban J connectivity index is 3.43. The van der Waals surface area contributed by atoms with Crippen molar-refractivity contribution in [2.75, 3.05) is 0 Å². The summed E-state index contributed by atoms with van der Waals surface area (Å²) in [6.45, 7) is -0.599. The maximum Gasteiger partial charge on any atom is 0.351 e. The molecule has 1 aromatic rings. The molecule has 0 aliphatic heterocycles. The summed E-state index contributed by atoms with van der Waals surface area (Å²) in [5, 5.41) is 29.7. The monoisotopic (exact) mass is 198 g/mol. The van der Waals surface area contributed by atoms with Crippen LogP contribution in [0.1, 0.15) is 5.56 Å².